The number of fused-ring (bicyclic) bond motifs is 3. The van der Waals surface area contributed by atoms with Crippen LogP contribution in [0.3, 0.4) is 0 Å². The van der Waals surface area contributed by atoms with Gasteiger partial charge in [-0.3, -0.25) is 4.79 Å². The Morgan fingerprint density at radius 3 is 2.76 bits per heavy atom. The van der Waals surface area contributed by atoms with E-state index in [-0.39, 0.29) is 35.2 Å². The average molecular weight is 352 g/mol. The Morgan fingerprint density at radius 2 is 2.16 bits per heavy atom. The van der Waals surface area contributed by atoms with Gasteiger partial charge in [-0.1, -0.05) is 19.9 Å². The van der Waals surface area contributed by atoms with Crippen LogP contribution in [0.5, 0.6) is 5.75 Å². The Bertz CT molecular complexity index is 871. The minimum Gasteiger partial charge on any atom is -0.489 e. The lowest BCUT2D eigenvalue weighted by Gasteiger charge is -2.40. The number of aromatic nitrogens is 1. The zero-order chi connectivity index (χ0) is 18.4. The molecule has 0 spiro atoms. The summed E-state index contributed by atoms with van der Waals surface area (Å²) in [7, 11) is 0. The number of aromatic amines is 1. The van der Waals surface area contributed by atoms with Crippen LogP contribution in [0.1, 0.15) is 19.4 Å². The van der Waals surface area contributed by atoms with Crippen molar-refractivity contribution < 1.29 is 17.9 Å². The highest BCUT2D eigenvalue weighted by Crippen LogP contribution is 2.45. The molecule has 1 N–H and O–H groups in total. The predicted molar refractivity (Wildman–Crippen MR) is 91.2 cm³/mol. The largest absolute Gasteiger partial charge is 0.489 e. The molecule has 2 aromatic rings. The quantitative estimate of drug-likeness (QED) is 0.851. The fraction of sp³-hybridized carbons (Fsp3) is 0.389. The van der Waals surface area contributed by atoms with Crippen molar-refractivity contribution in [3.05, 3.63) is 46.8 Å². The maximum absolute atomic E-state index is 13.5. The summed E-state index contributed by atoms with van der Waals surface area (Å²) < 4.78 is 46.2. The molecule has 0 saturated heterocycles. The van der Waals surface area contributed by atoms with E-state index in [0.29, 0.717) is 18.3 Å². The van der Waals surface area contributed by atoms with Gasteiger partial charge in [0.1, 0.15) is 6.61 Å². The third kappa shape index (κ3) is 2.99. The summed E-state index contributed by atoms with van der Waals surface area (Å²) in [4.78, 5) is 16.1. The first-order chi connectivity index (χ1) is 11.7. The molecule has 0 amide bonds. The Morgan fingerprint density at radius 1 is 1.44 bits per heavy atom. The number of hydrogen-bond acceptors (Lipinski definition) is 3. The lowest BCUT2D eigenvalue weighted by Crippen LogP contribution is -2.46. The Hall–Kier alpha value is -2.44. The van der Waals surface area contributed by atoms with Crippen molar-refractivity contribution in [2.75, 3.05) is 18.1 Å². The van der Waals surface area contributed by atoms with Gasteiger partial charge in [0.2, 0.25) is 5.56 Å². The lowest BCUT2D eigenvalue weighted by atomic mass is 9.98. The number of anilines is 1. The van der Waals surface area contributed by atoms with E-state index < -0.39 is 17.3 Å². The number of ether oxygens (including phenoxy) is 1. The van der Waals surface area contributed by atoms with Gasteiger partial charge in [0.15, 0.2) is 5.75 Å². The molecule has 7 heteroatoms. The highest BCUT2D eigenvalue weighted by molar-refractivity contribution is 5.94. The Kier molecular flexibility index (Phi) is 4.26. The first-order valence-electron chi connectivity index (χ1n) is 8.01. The number of halogens is 3. The SMILES string of the molecule is C=CCN1c2ccc3[nH]c(=O)cc(C(F)(F)F)c3c2OCC1C(C)C. The minimum absolute atomic E-state index is 0.0278. The van der Waals surface area contributed by atoms with Gasteiger partial charge in [-0.2, -0.15) is 13.2 Å². The fourth-order valence-corrected chi connectivity index (χ4v) is 3.27. The van der Waals surface area contributed by atoms with Crippen LogP contribution in [-0.4, -0.2) is 24.2 Å². The topological polar surface area (TPSA) is 45.3 Å². The molecular formula is C18H19F3N2O2. The molecule has 25 heavy (non-hydrogen) atoms. The number of rotatable bonds is 3. The van der Waals surface area contributed by atoms with E-state index in [2.05, 4.69) is 11.6 Å². The standard InChI is InChI=1S/C18H19F3N2O2/c1-4-7-23-13-6-5-12-16(17(13)25-9-14(23)10(2)3)11(18(19,20)21)8-15(24)22-12/h4-6,8,10,14H,1,7,9H2,2-3H3,(H,22,24). The van der Waals surface area contributed by atoms with Crippen LogP contribution in [0.2, 0.25) is 0 Å². The molecule has 0 radical (unpaired) electrons. The smallest absolute Gasteiger partial charge is 0.417 e. The summed E-state index contributed by atoms with van der Waals surface area (Å²) in [5, 5.41) is -0.110. The van der Waals surface area contributed by atoms with Gasteiger partial charge in [0, 0.05) is 12.6 Å². The minimum atomic E-state index is -4.65. The number of pyridine rings is 1. The van der Waals surface area contributed by atoms with E-state index in [1.807, 2.05) is 18.7 Å². The molecule has 0 bridgehead atoms. The third-order valence-electron chi connectivity index (χ3n) is 4.45. The number of H-pyrrole nitrogens is 1. The van der Waals surface area contributed by atoms with E-state index >= 15 is 0 Å². The van der Waals surface area contributed by atoms with Crippen molar-refractivity contribution in [1.29, 1.82) is 0 Å². The molecular weight excluding hydrogens is 333 g/mol. The van der Waals surface area contributed by atoms with Crippen molar-refractivity contribution in [2.24, 2.45) is 5.92 Å². The van der Waals surface area contributed by atoms with Gasteiger partial charge < -0.3 is 14.6 Å². The van der Waals surface area contributed by atoms with Crippen LogP contribution in [0.15, 0.2) is 35.6 Å². The molecule has 3 rings (SSSR count). The molecule has 134 valence electrons. The van der Waals surface area contributed by atoms with Crippen molar-refractivity contribution >= 4 is 16.6 Å². The first-order valence-corrected chi connectivity index (χ1v) is 8.01. The molecule has 1 atom stereocenters. The Balaban J connectivity index is 2.31. The van der Waals surface area contributed by atoms with E-state index in [0.717, 1.165) is 0 Å². The van der Waals surface area contributed by atoms with E-state index in [9.17, 15) is 18.0 Å². The summed E-state index contributed by atoms with van der Waals surface area (Å²) in [6.45, 7) is 8.58. The zero-order valence-corrected chi connectivity index (χ0v) is 14.0. The van der Waals surface area contributed by atoms with Crippen molar-refractivity contribution in [2.45, 2.75) is 26.1 Å². The van der Waals surface area contributed by atoms with Crippen LogP contribution in [-0.2, 0) is 6.18 Å². The number of nitrogens with one attached hydrogen (secondary N) is 1. The van der Waals surface area contributed by atoms with Gasteiger partial charge >= 0.3 is 6.18 Å². The van der Waals surface area contributed by atoms with E-state index in [1.54, 1.807) is 12.1 Å². The Labute approximate surface area is 142 Å². The highest BCUT2D eigenvalue weighted by atomic mass is 19.4. The summed E-state index contributed by atoms with van der Waals surface area (Å²) in [5.41, 5.74) is -1.08. The van der Waals surface area contributed by atoms with Gasteiger partial charge in [0.05, 0.1) is 28.2 Å². The molecule has 4 nitrogen and oxygen atoms in total. The van der Waals surface area contributed by atoms with Gasteiger partial charge in [-0.15, -0.1) is 6.58 Å². The lowest BCUT2D eigenvalue weighted by molar-refractivity contribution is -0.136. The summed E-state index contributed by atoms with van der Waals surface area (Å²) in [6.07, 6.45) is -2.94. The molecule has 1 aromatic heterocycles. The number of benzene rings is 1. The third-order valence-corrected chi connectivity index (χ3v) is 4.45. The molecule has 1 aliphatic heterocycles. The maximum atomic E-state index is 13.5. The normalized spacial score (nSPS) is 17.5. The molecule has 0 aliphatic carbocycles. The fourth-order valence-electron chi connectivity index (χ4n) is 3.27. The second kappa shape index (κ2) is 6.13. The highest BCUT2D eigenvalue weighted by Gasteiger charge is 2.37. The second-order valence-corrected chi connectivity index (χ2v) is 6.44. The van der Waals surface area contributed by atoms with Crippen molar-refractivity contribution in [1.82, 2.24) is 4.98 Å². The van der Waals surface area contributed by atoms with Gasteiger partial charge in [-0.05, 0) is 18.1 Å². The summed E-state index contributed by atoms with van der Waals surface area (Å²) >= 11 is 0. The van der Waals surface area contributed by atoms with Crippen LogP contribution in [0.25, 0.3) is 10.9 Å². The molecule has 0 fully saturated rings. The number of hydrogen-bond donors (Lipinski definition) is 1. The predicted octanol–water partition coefficient (Wildman–Crippen LogP) is 3.96. The number of alkyl halides is 3. The molecule has 1 unspecified atom stereocenters. The van der Waals surface area contributed by atoms with Crippen LogP contribution >= 0.6 is 0 Å². The van der Waals surface area contributed by atoms with Crippen LogP contribution in [0.4, 0.5) is 18.9 Å². The van der Waals surface area contributed by atoms with E-state index in [4.69, 9.17) is 4.74 Å². The summed E-state index contributed by atoms with van der Waals surface area (Å²) in [5.74, 6) is 0.404. The zero-order valence-electron chi connectivity index (χ0n) is 14.0. The monoisotopic (exact) mass is 352 g/mol. The molecule has 2 heterocycles. The second-order valence-electron chi connectivity index (χ2n) is 6.44. The summed E-state index contributed by atoms with van der Waals surface area (Å²) in [6, 6.07) is 3.79. The molecule has 0 saturated carbocycles. The molecule has 1 aromatic carbocycles. The van der Waals surface area contributed by atoms with Crippen molar-refractivity contribution in [3.8, 4) is 5.75 Å². The molecule has 1 aliphatic rings. The number of nitrogens with zero attached hydrogens (tertiary/aromatic N) is 1. The van der Waals surface area contributed by atoms with Crippen LogP contribution < -0.4 is 15.2 Å². The van der Waals surface area contributed by atoms with E-state index in [1.165, 1.54) is 6.07 Å². The maximum Gasteiger partial charge on any atom is 0.417 e. The van der Waals surface area contributed by atoms with Crippen LogP contribution in [0, 0.1) is 5.92 Å². The van der Waals surface area contributed by atoms with Crippen molar-refractivity contribution in [3.63, 3.8) is 0 Å². The average Bonchev–Trinajstić information content (AvgIpc) is 2.52. The van der Waals surface area contributed by atoms with Gasteiger partial charge in [0.25, 0.3) is 0 Å². The van der Waals surface area contributed by atoms with Gasteiger partial charge in [-0.25, -0.2) is 0 Å². The first kappa shape index (κ1) is 17.4.